The average molecular weight is 891 g/mol. The van der Waals surface area contributed by atoms with Crippen LogP contribution >= 0.6 is 0 Å². The summed E-state index contributed by atoms with van der Waals surface area (Å²) >= 11 is 0. The molecule has 1 amide bonds. The van der Waals surface area contributed by atoms with Gasteiger partial charge in [0.15, 0.2) is 0 Å². The number of hydrogen-bond acceptors (Lipinski definition) is 5. The first kappa shape index (κ1) is 61.6. The van der Waals surface area contributed by atoms with E-state index in [1.54, 1.807) is 0 Å². The number of allylic oxidation sites excluding steroid dienone is 2. The Balaban J connectivity index is 3.50. The van der Waals surface area contributed by atoms with Gasteiger partial charge in [-0.25, -0.2) is 0 Å². The van der Waals surface area contributed by atoms with Crippen LogP contribution in [0, 0.1) is 0 Å². The first-order valence-corrected chi connectivity index (χ1v) is 28.4. The maximum absolute atomic E-state index is 12.5. The molecule has 374 valence electrons. The van der Waals surface area contributed by atoms with Gasteiger partial charge >= 0.3 is 5.97 Å². The minimum absolute atomic E-state index is 0.0307. The molecule has 0 saturated heterocycles. The van der Waals surface area contributed by atoms with Gasteiger partial charge in [0.05, 0.1) is 25.4 Å². The molecule has 2 unspecified atom stereocenters. The van der Waals surface area contributed by atoms with Gasteiger partial charge in [-0.15, -0.1) is 0 Å². The van der Waals surface area contributed by atoms with E-state index in [0.29, 0.717) is 25.9 Å². The molecular weight excluding hydrogens is 779 g/mol. The molecule has 2 atom stereocenters. The number of aliphatic hydroxyl groups excluding tert-OH is 2. The summed E-state index contributed by atoms with van der Waals surface area (Å²) in [6.07, 6.45) is 62.1. The molecule has 0 rings (SSSR count). The topological polar surface area (TPSA) is 95.9 Å². The SMILES string of the molecule is CCCCCCCCCCCCCCCCCCCCCCC(O)C(CO)NC(=O)CCC/C=C\CCCCCCOC(=O)CCCCCCCCCCCCCCCCCCC. The van der Waals surface area contributed by atoms with Crippen molar-refractivity contribution in [3.05, 3.63) is 12.2 Å². The van der Waals surface area contributed by atoms with E-state index in [2.05, 4.69) is 31.3 Å². The Labute approximate surface area is 393 Å². The predicted octanol–water partition coefficient (Wildman–Crippen LogP) is 17.3. The van der Waals surface area contributed by atoms with Crippen LogP contribution in [0.3, 0.4) is 0 Å². The summed E-state index contributed by atoms with van der Waals surface area (Å²) in [5, 5.41) is 23.3. The molecule has 6 nitrogen and oxygen atoms in total. The van der Waals surface area contributed by atoms with E-state index in [0.717, 1.165) is 70.6 Å². The molecule has 0 aliphatic heterocycles. The van der Waals surface area contributed by atoms with E-state index in [1.165, 1.54) is 212 Å². The van der Waals surface area contributed by atoms with Crippen molar-refractivity contribution in [1.82, 2.24) is 5.32 Å². The van der Waals surface area contributed by atoms with E-state index in [1.807, 2.05) is 0 Å². The highest BCUT2D eigenvalue weighted by Crippen LogP contribution is 2.17. The van der Waals surface area contributed by atoms with E-state index in [9.17, 15) is 19.8 Å². The molecular formula is C57H111NO5. The third kappa shape index (κ3) is 49.9. The number of ether oxygens (including phenoxy) is 1. The van der Waals surface area contributed by atoms with Gasteiger partial charge in [-0.1, -0.05) is 270 Å². The molecule has 0 aliphatic rings. The van der Waals surface area contributed by atoms with Gasteiger partial charge < -0.3 is 20.3 Å². The number of nitrogens with one attached hydrogen (secondary N) is 1. The predicted molar refractivity (Wildman–Crippen MR) is 273 cm³/mol. The van der Waals surface area contributed by atoms with Gasteiger partial charge in [-0.05, 0) is 44.9 Å². The van der Waals surface area contributed by atoms with Crippen LogP contribution in [0.25, 0.3) is 0 Å². The summed E-state index contributed by atoms with van der Waals surface area (Å²) in [5.41, 5.74) is 0. The van der Waals surface area contributed by atoms with Crippen LogP contribution < -0.4 is 5.32 Å². The van der Waals surface area contributed by atoms with Gasteiger partial charge in [-0.2, -0.15) is 0 Å². The van der Waals surface area contributed by atoms with E-state index in [-0.39, 0.29) is 18.5 Å². The Hall–Kier alpha value is -1.40. The minimum Gasteiger partial charge on any atom is -0.466 e. The lowest BCUT2D eigenvalue weighted by atomic mass is 10.0. The Morgan fingerprint density at radius 3 is 1.16 bits per heavy atom. The number of amides is 1. The maximum atomic E-state index is 12.5. The van der Waals surface area contributed by atoms with Crippen LogP contribution in [-0.2, 0) is 14.3 Å². The molecule has 0 aromatic carbocycles. The summed E-state index contributed by atoms with van der Waals surface area (Å²) in [6, 6.07) is -0.578. The Morgan fingerprint density at radius 1 is 0.429 bits per heavy atom. The summed E-state index contributed by atoms with van der Waals surface area (Å²) in [5.74, 6) is -0.122. The second kappa shape index (κ2) is 53.2. The lowest BCUT2D eigenvalue weighted by molar-refractivity contribution is -0.143. The fourth-order valence-corrected chi connectivity index (χ4v) is 8.94. The second-order valence-electron chi connectivity index (χ2n) is 19.6. The monoisotopic (exact) mass is 890 g/mol. The van der Waals surface area contributed by atoms with Crippen LogP contribution in [0.4, 0.5) is 0 Å². The number of rotatable bonds is 53. The summed E-state index contributed by atoms with van der Waals surface area (Å²) in [7, 11) is 0. The van der Waals surface area contributed by atoms with Gasteiger partial charge in [0.1, 0.15) is 0 Å². The first-order chi connectivity index (χ1) is 31.0. The Bertz CT molecular complexity index is 939. The zero-order chi connectivity index (χ0) is 45.8. The highest BCUT2D eigenvalue weighted by Gasteiger charge is 2.20. The molecule has 0 radical (unpaired) electrons. The van der Waals surface area contributed by atoms with Crippen molar-refractivity contribution in [2.45, 2.75) is 328 Å². The van der Waals surface area contributed by atoms with Gasteiger partial charge in [0.2, 0.25) is 5.91 Å². The first-order valence-electron chi connectivity index (χ1n) is 28.4. The molecule has 0 fully saturated rings. The van der Waals surface area contributed by atoms with Crippen molar-refractivity contribution in [3.8, 4) is 0 Å². The van der Waals surface area contributed by atoms with Gasteiger partial charge in [-0.3, -0.25) is 9.59 Å². The fraction of sp³-hybridized carbons (Fsp3) is 0.930. The number of unbranched alkanes of at least 4 members (excludes halogenated alkanes) is 40. The molecule has 0 saturated carbocycles. The minimum atomic E-state index is -0.695. The molecule has 0 spiro atoms. The number of carbonyl (C=O) groups excluding carboxylic acids is 2. The van der Waals surface area contributed by atoms with Gasteiger partial charge in [0.25, 0.3) is 0 Å². The molecule has 0 aliphatic carbocycles. The van der Waals surface area contributed by atoms with E-state index < -0.39 is 12.1 Å². The smallest absolute Gasteiger partial charge is 0.305 e. The Kier molecular flexibility index (Phi) is 52.0. The molecule has 0 aromatic heterocycles. The lowest BCUT2D eigenvalue weighted by Crippen LogP contribution is -2.45. The zero-order valence-corrected chi connectivity index (χ0v) is 42.6. The number of hydrogen-bond donors (Lipinski definition) is 3. The van der Waals surface area contributed by atoms with Crippen LogP contribution in [0.1, 0.15) is 316 Å². The van der Waals surface area contributed by atoms with E-state index in [4.69, 9.17) is 4.74 Å². The Morgan fingerprint density at radius 2 is 0.762 bits per heavy atom. The van der Waals surface area contributed by atoms with Crippen molar-refractivity contribution < 1.29 is 24.5 Å². The summed E-state index contributed by atoms with van der Waals surface area (Å²) < 4.78 is 5.46. The third-order valence-electron chi connectivity index (χ3n) is 13.3. The van der Waals surface area contributed by atoms with Crippen LogP contribution in [0.5, 0.6) is 0 Å². The van der Waals surface area contributed by atoms with Crippen molar-refractivity contribution in [2.75, 3.05) is 13.2 Å². The number of aliphatic hydroxyl groups is 2. The van der Waals surface area contributed by atoms with Crippen LogP contribution in [0.2, 0.25) is 0 Å². The molecule has 0 heterocycles. The van der Waals surface area contributed by atoms with Gasteiger partial charge in [0, 0.05) is 12.8 Å². The molecule has 0 aromatic rings. The summed E-state index contributed by atoms with van der Waals surface area (Å²) in [4.78, 5) is 24.5. The molecule has 63 heavy (non-hydrogen) atoms. The highest BCUT2D eigenvalue weighted by molar-refractivity contribution is 5.76. The maximum Gasteiger partial charge on any atom is 0.305 e. The fourth-order valence-electron chi connectivity index (χ4n) is 8.94. The zero-order valence-electron chi connectivity index (χ0n) is 42.6. The van der Waals surface area contributed by atoms with Crippen molar-refractivity contribution in [1.29, 1.82) is 0 Å². The van der Waals surface area contributed by atoms with Crippen molar-refractivity contribution >= 4 is 11.9 Å². The standard InChI is InChI=1S/C57H111NO5/c1-3-5-7-9-11-13-15-17-19-21-22-23-25-26-28-30-33-37-41-45-49-55(60)54(53-59)58-56(61)50-46-42-38-34-32-36-40-44-48-52-63-57(62)51-47-43-39-35-31-29-27-24-20-18-16-14-12-10-8-6-4-2/h34,38,54-55,59-60H,3-33,35-37,39-53H2,1-2H3,(H,58,61)/b38-34-. The lowest BCUT2D eigenvalue weighted by Gasteiger charge is -2.22. The number of esters is 1. The largest absolute Gasteiger partial charge is 0.466 e. The molecule has 0 bridgehead atoms. The normalized spacial score (nSPS) is 12.6. The second-order valence-corrected chi connectivity index (χ2v) is 19.6. The van der Waals surface area contributed by atoms with Crippen LogP contribution in [0.15, 0.2) is 12.2 Å². The van der Waals surface area contributed by atoms with Crippen molar-refractivity contribution in [3.63, 3.8) is 0 Å². The molecule has 6 heteroatoms. The third-order valence-corrected chi connectivity index (χ3v) is 13.3. The summed E-state index contributed by atoms with van der Waals surface area (Å²) in [6.45, 7) is 4.89. The van der Waals surface area contributed by atoms with E-state index >= 15 is 0 Å². The van der Waals surface area contributed by atoms with Crippen LogP contribution in [-0.4, -0.2) is 47.4 Å². The number of carbonyl (C=O) groups is 2. The van der Waals surface area contributed by atoms with Crippen molar-refractivity contribution in [2.24, 2.45) is 0 Å². The molecule has 3 N–H and O–H groups in total. The quantitative estimate of drug-likeness (QED) is 0.0321. The average Bonchev–Trinajstić information content (AvgIpc) is 3.28. The highest BCUT2D eigenvalue weighted by atomic mass is 16.5.